The fraction of sp³-hybridized carbons (Fsp3) is 0.333. The van der Waals surface area contributed by atoms with Gasteiger partial charge >= 0.3 is 0 Å². The zero-order valence-electron chi connectivity index (χ0n) is 19.5. The molecule has 34 heavy (non-hydrogen) atoms. The van der Waals surface area contributed by atoms with Crippen LogP contribution in [0.1, 0.15) is 30.0 Å². The lowest BCUT2D eigenvalue weighted by Crippen LogP contribution is -2.40. The van der Waals surface area contributed by atoms with E-state index in [0.717, 1.165) is 23.5 Å². The highest BCUT2D eigenvalue weighted by molar-refractivity contribution is 7.89. The number of hydrogen-bond donors (Lipinski definition) is 0. The Hall–Kier alpha value is -3.08. The minimum absolute atomic E-state index is 0.0915. The predicted octanol–water partition coefficient (Wildman–Crippen LogP) is 3.74. The van der Waals surface area contributed by atoms with E-state index in [4.69, 9.17) is 14.2 Å². The summed E-state index contributed by atoms with van der Waals surface area (Å²) in [7, 11) is 0.587. The van der Waals surface area contributed by atoms with Crippen LogP contribution in [0.15, 0.2) is 60.9 Å². The van der Waals surface area contributed by atoms with Crippen molar-refractivity contribution in [3.05, 3.63) is 83.7 Å². The summed E-state index contributed by atoms with van der Waals surface area (Å²) in [5.74, 6) is 0.827. The average Bonchev–Trinajstić information content (AvgIpc) is 2.86. The molecule has 0 amide bonds. The van der Waals surface area contributed by atoms with Crippen LogP contribution in [-0.4, -0.2) is 49.3 Å². The maximum Gasteiger partial charge on any atom is 0.220 e. The third kappa shape index (κ3) is 6.07. The molecule has 0 N–H and O–H groups in total. The van der Waals surface area contributed by atoms with Crippen molar-refractivity contribution in [2.45, 2.75) is 31.4 Å². The second-order valence-electron chi connectivity index (χ2n) is 7.63. The van der Waals surface area contributed by atoms with Crippen LogP contribution in [0.2, 0.25) is 0 Å². The Morgan fingerprint density at radius 2 is 1.29 bits per heavy atom. The fourth-order valence-electron chi connectivity index (χ4n) is 3.47. The summed E-state index contributed by atoms with van der Waals surface area (Å²) >= 11 is 0. The SMILES string of the molecule is COc1ccc(CN(Cc2ccc(OC)cc2)S(=O)(=O)[C@H](C)[C@@H](OC)c2ncc(F)cn2)cc1. The average molecular weight is 490 g/mol. The molecule has 0 fully saturated rings. The molecule has 0 saturated heterocycles. The molecule has 10 heteroatoms. The van der Waals surface area contributed by atoms with E-state index < -0.39 is 27.2 Å². The van der Waals surface area contributed by atoms with Crippen molar-refractivity contribution in [2.24, 2.45) is 0 Å². The predicted molar refractivity (Wildman–Crippen MR) is 125 cm³/mol. The zero-order valence-corrected chi connectivity index (χ0v) is 20.3. The Morgan fingerprint density at radius 3 is 1.68 bits per heavy atom. The number of rotatable bonds is 11. The first-order chi connectivity index (χ1) is 16.3. The monoisotopic (exact) mass is 489 g/mol. The van der Waals surface area contributed by atoms with Gasteiger partial charge in [-0.15, -0.1) is 0 Å². The van der Waals surface area contributed by atoms with E-state index in [0.29, 0.717) is 11.5 Å². The van der Waals surface area contributed by atoms with Crippen molar-refractivity contribution < 1.29 is 27.0 Å². The van der Waals surface area contributed by atoms with Crippen molar-refractivity contribution >= 4 is 10.0 Å². The second kappa shape index (κ2) is 11.4. The molecule has 8 nitrogen and oxygen atoms in total. The summed E-state index contributed by atoms with van der Waals surface area (Å²) in [4.78, 5) is 7.86. The van der Waals surface area contributed by atoms with Gasteiger partial charge in [0.1, 0.15) is 22.9 Å². The molecule has 1 aromatic heterocycles. The molecule has 2 aromatic carbocycles. The number of hydrogen-bond acceptors (Lipinski definition) is 7. The van der Waals surface area contributed by atoms with E-state index in [-0.39, 0.29) is 18.9 Å². The van der Waals surface area contributed by atoms with Gasteiger partial charge in [-0.2, -0.15) is 4.31 Å². The first-order valence-corrected chi connectivity index (χ1v) is 12.0. The van der Waals surface area contributed by atoms with E-state index >= 15 is 0 Å². The molecule has 0 aliphatic rings. The van der Waals surface area contributed by atoms with Crippen molar-refractivity contribution in [3.8, 4) is 11.5 Å². The summed E-state index contributed by atoms with van der Waals surface area (Å²) < 4.78 is 58.1. The molecule has 2 atom stereocenters. The number of halogens is 1. The van der Waals surface area contributed by atoms with Crippen LogP contribution in [0.4, 0.5) is 4.39 Å². The summed E-state index contributed by atoms with van der Waals surface area (Å²) in [5, 5.41) is -1.04. The summed E-state index contributed by atoms with van der Waals surface area (Å²) in [6, 6.07) is 14.4. The Balaban J connectivity index is 1.94. The molecule has 0 saturated carbocycles. The number of methoxy groups -OCH3 is 3. The minimum atomic E-state index is -3.93. The van der Waals surface area contributed by atoms with Gasteiger partial charge in [0, 0.05) is 20.2 Å². The second-order valence-corrected chi connectivity index (χ2v) is 9.92. The summed E-state index contributed by atoms with van der Waals surface area (Å²) in [6.45, 7) is 1.79. The first-order valence-electron chi connectivity index (χ1n) is 10.5. The minimum Gasteiger partial charge on any atom is -0.497 e. The standard InChI is InChI=1S/C24H28FN3O5S/c1-17(23(33-4)24-26-13-20(25)14-27-24)34(29,30)28(15-18-5-9-21(31-2)10-6-18)16-19-7-11-22(32-3)12-8-19/h5-14,17,23H,15-16H2,1-4H3/t17-,23-/m1/s1. The van der Waals surface area contributed by atoms with Crippen molar-refractivity contribution in [1.29, 1.82) is 0 Å². The lowest BCUT2D eigenvalue weighted by Gasteiger charge is -2.29. The molecule has 0 aliphatic heterocycles. The highest BCUT2D eigenvalue weighted by atomic mass is 32.2. The van der Waals surface area contributed by atoms with Crippen LogP contribution in [0.25, 0.3) is 0 Å². The topological polar surface area (TPSA) is 90.9 Å². The molecule has 0 unspecified atom stereocenters. The lowest BCUT2D eigenvalue weighted by atomic mass is 10.2. The van der Waals surface area contributed by atoms with Gasteiger partial charge in [-0.05, 0) is 42.3 Å². The quantitative estimate of drug-likeness (QED) is 0.405. The van der Waals surface area contributed by atoms with Gasteiger partial charge in [0.25, 0.3) is 0 Å². The van der Waals surface area contributed by atoms with Crippen molar-refractivity contribution in [1.82, 2.24) is 14.3 Å². The third-order valence-corrected chi connectivity index (χ3v) is 7.61. The van der Waals surface area contributed by atoms with Gasteiger partial charge < -0.3 is 14.2 Å². The van der Waals surface area contributed by atoms with Crippen LogP contribution in [0, 0.1) is 5.82 Å². The molecule has 0 aliphatic carbocycles. The molecule has 0 bridgehead atoms. The number of nitrogens with zero attached hydrogens (tertiary/aromatic N) is 3. The van der Waals surface area contributed by atoms with Crippen LogP contribution >= 0.6 is 0 Å². The molecular weight excluding hydrogens is 461 g/mol. The van der Waals surface area contributed by atoms with Gasteiger partial charge in [-0.3, -0.25) is 0 Å². The van der Waals surface area contributed by atoms with E-state index in [1.807, 2.05) is 24.3 Å². The number of aromatic nitrogens is 2. The Morgan fingerprint density at radius 1 is 0.853 bits per heavy atom. The van der Waals surface area contributed by atoms with Crippen LogP contribution in [-0.2, 0) is 27.8 Å². The summed E-state index contributed by atoms with van der Waals surface area (Å²) in [6.07, 6.45) is 0.986. The van der Waals surface area contributed by atoms with E-state index in [2.05, 4.69) is 9.97 Å². The molecule has 3 rings (SSSR count). The Kier molecular flexibility index (Phi) is 8.54. The highest BCUT2D eigenvalue weighted by Crippen LogP contribution is 2.28. The van der Waals surface area contributed by atoms with Crippen molar-refractivity contribution in [2.75, 3.05) is 21.3 Å². The third-order valence-electron chi connectivity index (χ3n) is 5.44. The molecule has 0 radical (unpaired) electrons. The maximum atomic E-state index is 13.8. The molecule has 182 valence electrons. The van der Waals surface area contributed by atoms with Crippen molar-refractivity contribution in [3.63, 3.8) is 0 Å². The van der Waals surface area contributed by atoms with Crippen LogP contribution in [0.5, 0.6) is 11.5 Å². The molecular formula is C24H28FN3O5S. The zero-order chi connectivity index (χ0) is 24.7. The smallest absolute Gasteiger partial charge is 0.220 e. The largest absolute Gasteiger partial charge is 0.497 e. The van der Waals surface area contributed by atoms with Gasteiger partial charge in [-0.1, -0.05) is 24.3 Å². The lowest BCUT2D eigenvalue weighted by molar-refractivity contribution is 0.0928. The Bertz CT molecular complexity index is 1110. The normalized spacial score (nSPS) is 13.5. The first kappa shape index (κ1) is 25.5. The van der Waals surface area contributed by atoms with Gasteiger partial charge in [0.2, 0.25) is 10.0 Å². The highest BCUT2D eigenvalue weighted by Gasteiger charge is 2.37. The van der Waals surface area contributed by atoms with Crippen LogP contribution < -0.4 is 9.47 Å². The Labute approximate surface area is 199 Å². The molecule has 1 heterocycles. The number of ether oxygens (including phenoxy) is 3. The maximum absolute atomic E-state index is 13.8. The van der Waals surface area contributed by atoms with E-state index in [1.165, 1.54) is 18.3 Å². The molecule has 0 spiro atoms. The van der Waals surface area contributed by atoms with Gasteiger partial charge in [0.15, 0.2) is 11.6 Å². The number of benzene rings is 2. The van der Waals surface area contributed by atoms with Crippen LogP contribution in [0.3, 0.4) is 0 Å². The van der Waals surface area contributed by atoms with Gasteiger partial charge in [-0.25, -0.2) is 22.8 Å². The van der Waals surface area contributed by atoms with Gasteiger partial charge in [0.05, 0.1) is 26.6 Å². The van der Waals surface area contributed by atoms with E-state index in [9.17, 15) is 12.8 Å². The number of sulfonamides is 1. The summed E-state index contributed by atoms with van der Waals surface area (Å²) in [5.41, 5.74) is 1.58. The fourth-order valence-corrected chi connectivity index (χ4v) is 5.15. The van der Waals surface area contributed by atoms with E-state index in [1.54, 1.807) is 38.5 Å². The molecule has 3 aromatic rings.